The zero-order valence-corrected chi connectivity index (χ0v) is 11.3. The molecule has 3 heterocycles. The summed E-state index contributed by atoms with van der Waals surface area (Å²) >= 11 is 1.51. The lowest BCUT2D eigenvalue weighted by molar-refractivity contribution is 0.683. The van der Waals surface area contributed by atoms with Gasteiger partial charge in [0.2, 0.25) is 0 Å². The molecule has 0 aromatic carbocycles. The number of nitrogens with one attached hydrogen (secondary N) is 1. The van der Waals surface area contributed by atoms with Crippen molar-refractivity contribution in [1.29, 1.82) is 0 Å². The zero-order chi connectivity index (χ0) is 13.2. The van der Waals surface area contributed by atoms with Crippen LogP contribution in [-0.2, 0) is 13.0 Å². The van der Waals surface area contributed by atoms with E-state index in [-0.39, 0.29) is 5.56 Å². The Labute approximate surface area is 114 Å². The SMILES string of the molecule is CSc1nccc(N2CCc3nc[nH]c(=O)c3C2)n1. The van der Waals surface area contributed by atoms with Gasteiger partial charge in [-0.15, -0.1) is 0 Å². The molecule has 0 aliphatic carbocycles. The van der Waals surface area contributed by atoms with Crippen molar-refractivity contribution in [2.75, 3.05) is 17.7 Å². The third kappa shape index (κ3) is 2.33. The fourth-order valence-corrected chi connectivity index (χ4v) is 2.51. The van der Waals surface area contributed by atoms with Crippen molar-refractivity contribution in [1.82, 2.24) is 19.9 Å². The van der Waals surface area contributed by atoms with E-state index < -0.39 is 0 Å². The molecular formula is C12H13N5OS. The van der Waals surface area contributed by atoms with Crippen LogP contribution in [0.4, 0.5) is 5.82 Å². The lowest BCUT2D eigenvalue weighted by atomic mass is 10.1. The predicted molar refractivity (Wildman–Crippen MR) is 73.4 cm³/mol. The smallest absolute Gasteiger partial charge is 0.255 e. The van der Waals surface area contributed by atoms with Gasteiger partial charge in [0.15, 0.2) is 5.16 Å². The summed E-state index contributed by atoms with van der Waals surface area (Å²) in [5.74, 6) is 0.855. The number of hydrogen-bond donors (Lipinski definition) is 1. The molecule has 0 bridgehead atoms. The van der Waals surface area contributed by atoms with E-state index in [0.29, 0.717) is 6.54 Å². The molecular weight excluding hydrogens is 262 g/mol. The molecule has 0 fully saturated rings. The lowest BCUT2D eigenvalue weighted by Crippen LogP contribution is -2.35. The molecule has 0 amide bonds. The van der Waals surface area contributed by atoms with Gasteiger partial charge in [0.1, 0.15) is 5.82 Å². The van der Waals surface area contributed by atoms with Gasteiger partial charge in [-0.3, -0.25) is 4.79 Å². The van der Waals surface area contributed by atoms with Gasteiger partial charge in [-0.05, 0) is 12.3 Å². The van der Waals surface area contributed by atoms with E-state index in [9.17, 15) is 4.79 Å². The number of fused-ring (bicyclic) bond motifs is 1. The van der Waals surface area contributed by atoms with E-state index in [2.05, 4.69) is 24.8 Å². The second-order valence-corrected chi connectivity index (χ2v) is 5.00. The van der Waals surface area contributed by atoms with Gasteiger partial charge in [0.05, 0.1) is 24.1 Å². The molecule has 0 atom stereocenters. The Morgan fingerprint density at radius 3 is 3.16 bits per heavy atom. The molecule has 0 saturated heterocycles. The lowest BCUT2D eigenvalue weighted by Gasteiger charge is -2.28. The highest BCUT2D eigenvalue weighted by atomic mass is 32.2. The van der Waals surface area contributed by atoms with E-state index >= 15 is 0 Å². The maximum atomic E-state index is 11.8. The molecule has 2 aromatic heterocycles. The normalized spacial score (nSPS) is 14.3. The minimum atomic E-state index is -0.0613. The highest BCUT2D eigenvalue weighted by molar-refractivity contribution is 7.98. The second-order valence-electron chi connectivity index (χ2n) is 4.23. The molecule has 0 spiro atoms. The average molecular weight is 275 g/mol. The molecule has 6 nitrogen and oxygen atoms in total. The highest BCUT2D eigenvalue weighted by Gasteiger charge is 2.21. The van der Waals surface area contributed by atoms with Crippen molar-refractivity contribution >= 4 is 17.6 Å². The van der Waals surface area contributed by atoms with Crippen LogP contribution in [-0.4, -0.2) is 32.7 Å². The van der Waals surface area contributed by atoms with E-state index in [0.717, 1.165) is 35.2 Å². The van der Waals surface area contributed by atoms with Crippen LogP contribution in [0, 0.1) is 0 Å². The van der Waals surface area contributed by atoms with Crippen LogP contribution < -0.4 is 10.5 Å². The topological polar surface area (TPSA) is 74.8 Å². The van der Waals surface area contributed by atoms with Crippen molar-refractivity contribution in [2.45, 2.75) is 18.1 Å². The number of aromatic amines is 1. The first kappa shape index (κ1) is 12.2. The van der Waals surface area contributed by atoms with Gasteiger partial charge in [-0.1, -0.05) is 11.8 Å². The summed E-state index contributed by atoms with van der Waals surface area (Å²) in [6, 6.07) is 1.87. The maximum Gasteiger partial charge on any atom is 0.255 e. The van der Waals surface area contributed by atoms with Crippen LogP contribution in [0.5, 0.6) is 0 Å². The number of aromatic nitrogens is 4. The number of hydrogen-bond acceptors (Lipinski definition) is 6. The molecule has 2 aromatic rings. The van der Waals surface area contributed by atoms with Crippen molar-refractivity contribution < 1.29 is 0 Å². The molecule has 1 aliphatic rings. The third-order valence-electron chi connectivity index (χ3n) is 3.13. The van der Waals surface area contributed by atoms with Crippen molar-refractivity contribution in [2.24, 2.45) is 0 Å². The van der Waals surface area contributed by atoms with Gasteiger partial charge < -0.3 is 9.88 Å². The van der Waals surface area contributed by atoms with Gasteiger partial charge in [0, 0.05) is 19.2 Å². The minimum Gasteiger partial charge on any atom is -0.351 e. The molecule has 1 aliphatic heterocycles. The summed E-state index contributed by atoms with van der Waals surface area (Å²) in [5, 5.41) is 0.739. The molecule has 98 valence electrons. The molecule has 0 radical (unpaired) electrons. The first-order chi connectivity index (χ1) is 9.28. The Bertz CT molecular complexity index is 657. The Hall–Kier alpha value is -1.89. The summed E-state index contributed by atoms with van der Waals surface area (Å²) in [6.07, 6.45) is 5.92. The van der Waals surface area contributed by atoms with Gasteiger partial charge in [-0.25, -0.2) is 15.0 Å². The Morgan fingerprint density at radius 1 is 1.42 bits per heavy atom. The largest absolute Gasteiger partial charge is 0.351 e. The van der Waals surface area contributed by atoms with E-state index in [4.69, 9.17) is 0 Å². The number of nitrogens with zero attached hydrogens (tertiary/aromatic N) is 4. The van der Waals surface area contributed by atoms with Crippen molar-refractivity contribution in [3.63, 3.8) is 0 Å². The number of H-pyrrole nitrogens is 1. The van der Waals surface area contributed by atoms with Crippen LogP contribution in [0.1, 0.15) is 11.3 Å². The molecule has 3 rings (SSSR count). The number of anilines is 1. The summed E-state index contributed by atoms with van der Waals surface area (Å²) < 4.78 is 0. The summed E-state index contributed by atoms with van der Waals surface area (Å²) in [6.45, 7) is 1.36. The summed E-state index contributed by atoms with van der Waals surface area (Å²) in [7, 11) is 0. The van der Waals surface area contributed by atoms with Crippen LogP contribution in [0.2, 0.25) is 0 Å². The Balaban J connectivity index is 1.93. The van der Waals surface area contributed by atoms with E-state index in [1.165, 1.54) is 18.1 Å². The Morgan fingerprint density at radius 2 is 2.32 bits per heavy atom. The standard InChI is InChI=1S/C12H13N5OS/c1-19-12-13-4-2-10(16-12)17-5-3-9-8(6-17)11(18)15-7-14-9/h2,4,7H,3,5-6H2,1H3,(H,14,15,18). The van der Waals surface area contributed by atoms with Crippen molar-refractivity contribution in [3.05, 3.63) is 40.2 Å². The Kier molecular flexibility index (Phi) is 3.20. The van der Waals surface area contributed by atoms with Gasteiger partial charge >= 0.3 is 0 Å². The second kappa shape index (κ2) is 5.00. The first-order valence-electron chi connectivity index (χ1n) is 5.95. The van der Waals surface area contributed by atoms with E-state index in [1.807, 2.05) is 12.3 Å². The zero-order valence-electron chi connectivity index (χ0n) is 10.5. The molecule has 7 heteroatoms. The number of rotatable bonds is 2. The van der Waals surface area contributed by atoms with Crippen LogP contribution in [0.25, 0.3) is 0 Å². The monoisotopic (exact) mass is 275 g/mol. The predicted octanol–water partition coefficient (Wildman–Crippen LogP) is 0.845. The molecule has 1 N–H and O–H groups in total. The first-order valence-corrected chi connectivity index (χ1v) is 7.18. The fourth-order valence-electron chi connectivity index (χ4n) is 2.16. The molecule has 19 heavy (non-hydrogen) atoms. The quantitative estimate of drug-likeness (QED) is 0.647. The fraction of sp³-hybridized carbons (Fsp3) is 0.333. The highest BCUT2D eigenvalue weighted by Crippen LogP contribution is 2.20. The minimum absolute atomic E-state index is 0.0613. The maximum absolute atomic E-state index is 11.8. The van der Waals surface area contributed by atoms with Crippen LogP contribution in [0.15, 0.2) is 28.5 Å². The summed E-state index contributed by atoms with van der Waals surface area (Å²) in [4.78, 5) is 29.4. The van der Waals surface area contributed by atoms with Gasteiger partial charge in [0.25, 0.3) is 5.56 Å². The molecule has 0 saturated carbocycles. The van der Waals surface area contributed by atoms with Gasteiger partial charge in [-0.2, -0.15) is 0 Å². The number of thioether (sulfide) groups is 1. The summed E-state index contributed by atoms with van der Waals surface area (Å²) in [5.41, 5.74) is 1.56. The van der Waals surface area contributed by atoms with Crippen molar-refractivity contribution in [3.8, 4) is 0 Å². The third-order valence-corrected chi connectivity index (χ3v) is 3.69. The van der Waals surface area contributed by atoms with Crippen LogP contribution in [0.3, 0.4) is 0 Å². The van der Waals surface area contributed by atoms with Crippen LogP contribution >= 0.6 is 11.8 Å². The molecule has 0 unspecified atom stereocenters. The van der Waals surface area contributed by atoms with E-state index in [1.54, 1.807) is 6.20 Å². The average Bonchev–Trinajstić information content (AvgIpc) is 2.47.